The van der Waals surface area contributed by atoms with Crippen molar-refractivity contribution in [3.63, 3.8) is 0 Å². The van der Waals surface area contributed by atoms with E-state index in [0.29, 0.717) is 0 Å². The predicted octanol–water partition coefficient (Wildman–Crippen LogP) is 1.48. The van der Waals surface area contributed by atoms with Crippen LogP contribution in [0.3, 0.4) is 0 Å². The van der Waals surface area contributed by atoms with Crippen molar-refractivity contribution in [3.05, 3.63) is 23.8 Å². The molecule has 1 aliphatic carbocycles. The number of rotatable bonds is 0. The summed E-state index contributed by atoms with van der Waals surface area (Å²) in [5.41, 5.74) is 1.58. The maximum Gasteiger partial charge on any atom is 0.0173 e. The summed E-state index contributed by atoms with van der Waals surface area (Å²) in [6.07, 6.45) is 9.43. The van der Waals surface area contributed by atoms with E-state index in [-0.39, 0.29) is 0 Å². The van der Waals surface area contributed by atoms with Crippen LogP contribution in [0.25, 0.3) is 0 Å². The molecule has 0 radical (unpaired) electrons. The van der Waals surface area contributed by atoms with E-state index in [0.717, 1.165) is 12.5 Å². The van der Waals surface area contributed by atoms with E-state index in [2.05, 4.69) is 23.5 Å². The highest BCUT2D eigenvalue weighted by atomic mass is 14.9. The molecule has 10 heavy (non-hydrogen) atoms. The summed E-state index contributed by atoms with van der Waals surface area (Å²) >= 11 is 0. The first-order valence-corrected chi connectivity index (χ1v) is 4.05. The van der Waals surface area contributed by atoms with Crippen LogP contribution in [-0.2, 0) is 0 Å². The van der Waals surface area contributed by atoms with Gasteiger partial charge in [-0.05, 0) is 30.9 Å². The van der Waals surface area contributed by atoms with Crippen LogP contribution in [0.5, 0.6) is 0 Å². The molecular weight excluding hydrogens is 122 g/mol. The third-order valence-corrected chi connectivity index (χ3v) is 2.33. The third kappa shape index (κ3) is 1.01. The number of hydrogen-bond donors (Lipinski definition) is 1. The largest absolute Gasteiger partial charge is 0.313 e. The molecule has 1 saturated heterocycles. The van der Waals surface area contributed by atoms with Gasteiger partial charge >= 0.3 is 0 Å². The molecule has 0 bridgehead atoms. The maximum atomic E-state index is 3.41. The lowest BCUT2D eigenvalue weighted by atomic mass is 9.99. The van der Waals surface area contributed by atoms with Crippen LogP contribution in [0.2, 0.25) is 0 Å². The lowest BCUT2D eigenvalue weighted by molar-refractivity contribution is 0.661. The van der Waals surface area contributed by atoms with Crippen LogP contribution >= 0.6 is 0 Å². The van der Waals surface area contributed by atoms with E-state index in [1.165, 1.54) is 19.4 Å². The zero-order valence-corrected chi connectivity index (χ0v) is 6.14. The minimum Gasteiger partial charge on any atom is -0.313 e. The molecule has 1 unspecified atom stereocenters. The van der Waals surface area contributed by atoms with Gasteiger partial charge in [0.25, 0.3) is 0 Å². The van der Waals surface area contributed by atoms with Gasteiger partial charge in [-0.1, -0.05) is 18.2 Å². The fraction of sp³-hybridized carbons (Fsp3) is 0.556. The van der Waals surface area contributed by atoms with Crippen LogP contribution in [0.15, 0.2) is 23.8 Å². The lowest BCUT2D eigenvalue weighted by Gasteiger charge is -2.06. The second-order valence-electron chi connectivity index (χ2n) is 3.05. The Bertz CT molecular complexity index is 179. The summed E-state index contributed by atoms with van der Waals surface area (Å²) in [6.45, 7) is 2.30. The van der Waals surface area contributed by atoms with Crippen LogP contribution in [0, 0.1) is 5.92 Å². The molecule has 1 fully saturated rings. The van der Waals surface area contributed by atoms with Gasteiger partial charge in [-0.25, -0.2) is 0 Å². The number of nitrogens with one attached hydrogen (secondary N) is 1. The smallest absolute Gasteiger partial charge is 0.0173 e. The van der Waals surface area contributed by atoms with Gasteiger partial charge < -0.3 is 5.32 Å². The minimum absolute atomic E-state index is 0.773. The number of hydrogen-bond acceptors (Lipinski definition) is 1. The Morgan fingerprint density at radius 1 is 1.50 bits per heavy atom. The standard InChI is InChI=1S/C9H13N/c1-3-8-5-2-6-10-7-9(8)4-1/h1,3-4,8,10H,2,5-7H2. The van der Waals surface area contributed by atoms with Gasteiger partial charge in [-0.3, -0.25) is 0 Å². The maximum absolute atomic E-state index is 3.41. The average Bonchev–Trinajstić information content (AvgIpc) is 2.28. The Morgan fingerprint density at radius 3 is 3.50 bits per heavy atom. The first-order valence-electron chi connectivity index (χ1n) is 4.05. The Labute approximate surface area is 61.8 Å². The second kappa shape index (κ2) is 2.59. The lowest BCUT2D eigenvalue weighted by Crippen LogP contribution is -2.15. The van der Waals surface area contributed by atoms with E-state index < -0.39 is 0 Å². The Hall–Kier alpha value is -0.560. The summed E-state index contributed by atoms with van der Waals surface area (Å²) in [4.78, 5) is 0. The molecule has 0 saturated carbocycles. The third-order valence-electron chi connectivity index (χ3n) is 2.33. The van der Waals surface area contributed by atoms with Crippen molar-refractivity contribution in [2.75, 3.05) is 13.1 Å². The highest BCUT2D eigenvalue weighted by molar-refractivity contribution is 5.28. The molecule has 0 amide bonds. The minimum atomic E-state index is 0.773. The first kappa shape index (κ1) is 6.17. The first-order chi connectivity index (χ1) is 4.97. The SMILES string of the molecule is C1=CC2CCCNCC2=C1. The number of fused-ring (bicyclic) bond motifs is 1. The fourth-order valence-electron chi connectivity index (χ4n) is 1.71. The van der Waals surface area contributed by atoms with Crippen molar-refractivity contribution in [2.24, 2.45) is 5.92 Å². The topological polar surface area (TPSA) is 12.0 Å². The molecule has 54 valence electrons. The van der Waals surface area contributed by atoms with Crippen molar-refractivity contribution < 1.29 is 0 Å². The van der Waals surface area contributed by atoms with Gasteiger partial charge in [0.15, 0.2) is 0 Å². The van der Waals surface area contributed by atoms with E-state index in [1.54, 1.807) is 5.57 Å². The molecule has 2 aliphatic rings. The van der Waals surface area contributed by atoms with Crippen molar-refractivity contribution in [1.29, 1.82) is 0 Å². The molecule has 1 atom stereocenters. The molecule has 0 aromatic heterocycles. The average molecular weight is 135 g/mol. The Kier molecular flexibility index (Phi) is 1.60. The summed E-state index contributed by atoms with van der Waals surface area (Å²) in [5.74, 6) is 0.773. The highest BCUT2D eigenvalue weighted by Gasteiger charge is 2.15. The van der Waals surface area contributed by atoms with Gasteiger partial charge in [-0.15, -0.1) is 0 Å². The van der Waals surface area contributed by atoms with E-state index in [4.69, 9.17) is 0 Å². The van der Waals surface area contributed by atoms with Gasteiger partial charge in [0.2, 0.25) is 0 Å². The molecule has 0 aromatic carbocycles. The van der Waals surface area contributed by atoms with Gasteiger partial charge in [0, 0.05) is 6.54 Å². The molecule has 0 aromatic rings. The summed E-state index contributed by atoms with van der Waals surface area (Å²) in [7, 11) is 0. The zero-order valence-electron chi connectivity index (χ0n) is 6.14. The van der Waals surface area contributed by atoms with Crippen LogP contribution in [-0.4, -0.2) is 13.1 Å². The molecular formula is C9H13N. The number of allylic oxidation sites excluding steroid dienone is 3. The van der Waals surface area contributed by atoms with E-state index in [1.807, 2.05) is 0 Å². The van der Waals surface area contributed by atoms with Crippen molar-refractivity contribution in [2.45, 2.75) is 12.8 Å². The summed E-state index contributed by atoms with van der Waals surface area (Å²) < 4.78 is 0. The van der Waals surface area contributed by atoms with Crippen molar-refractivity contribution in [3.8, 4) is 0 Å². The fourth-order valence-corrected chi connectivity index (χ4v) is 1.71. The van der Waals surface area contributed by atoms with Crippen LogP contribution in [0.4, 0.5) is 0 Å². The highest BCUT2D eigenvalue weighted by Crippen LogP contribution is 2.24. The van der Waals surface area contributed by atoms with Crippen LogP contribution in [0.1, 0.15) is 12.8 Å². The second-order valence-corrected chi connectivity index (χ2v) is 3.05. The molecule has 1 aliphatic heterocycles. The molecule has 1 nitrogen and oxygen atoms in total. The summed E-state index contributed by atoms with van der Waals surface area (Å²) in [6, 6.07) is 0. The molecule has 0 spiro atoms. The van der Waals surface area contributed by atoms with Gasteiger partial charge in [0.05, 0.1) is 0 Å². The van der Waals surface area contributed by atoms with Gasteiger partial charge in [0.1, 0.15) is 0 Å². The predicted molar refractivity (Wildman–Crippen MR) is 42.8 cm³/mol. The molecule has 1 heteroatoms. The normalized spacial score (nSPS) is 31.2. The Morgan fingerprint density at radius 2 is 2.50 bits per heavy atom. The van der Waals surface area contributed by atoms with E-state index in [9.17, 15) is 0 Å². The van der Waals surface area contributed by atoms with Crippen molar-refractivity contribution in [1.82, 2.24) is 5.32 Å². The monoisotopic (exact) mass is 135 g/mol. The Balaban J connectivity index is 2.11. The van der Waals surface area contributed by atoms with Crippen molar-refractivity contribution >= 4 is 0 Å². The molecule has 1 N–H and O–H groups in total. The quantitative estimate of drug-likeness (QED) is 0.530. The van der Waals surface area contributed by atoms with E-state index >= 15 is 0 Å². The van der Waals surface area contributed by atoms with Crippen LogP contribution < -0.4 is 5.32 Å². The molecule has 1 heterocycles. The van der Waals surface area contributed by atoms with Gasteiger partial charge in [-0.2, -0.15) is 0 Å². The zero-order chi connectivity index (χ0) is 6.81. The summed E-state index contributed by atoms with van der Waals surface area (Å²) in [5, 5.41) is 3.41. The molecule has 2 rings (SSSR count).